The first kappa shape index (κ1) is 25.9. The molecule has 38 heavy (non-hydrogen) atoms. The Morgan fingerprint density at radius 1 is 1.03 bits per heavy atom. The van der Waals surface area contributed by atoms with Crippen LogP contribution in [-0.2, 0) is 11.2 Å². The summed E-state index contributed by atoms with van der Waals surface area (Å²) in [4.78, 5) is 15.7. The molecule has 0 amide bonds. The van der Waals surface area contributed by atoms with Gasteiger partial charge in [-0.3, -0.25) is 15.1 Å². The van der Waals surface area contributed by atoms with Gasteiger partial charge >= 0.3 is 0 Å². The van der Waals surface area contributed by atoms with E-state index in [1.165, 1.54) is 12.1 Å². The minimum atomic E-state index is -0.719. The summed E-state index contributed by atoms with van der Waals surface area (Å²) in [6.45, 7) is 6.19. The summed E-state index contributed by atoms with van der Waals surface area (Å²) in [6.07, 6.45) is 1.81. The zero-order chi connectivity index (χ0) is 27.2. The van der Waals surface area contributed by atoms with Crippen molar-refractivity contribution in [2.45, 2.75) is 46.0 Å². The molecule has 0 saturated heterocycles. The molecule has 0 saturated carbocycles. The van der Waals surface area contributed by atoms with Crippen molar-refractivity contribution in [1.29, 1.82) is 5.41 Å². The van der Waals surface area contributed by atoms with Crippen LogP contribution in [0.5, 0.6) is 0 Å². The van der Waals surface area contributed by atoms with Crippen LogP contribution >= 0.6 is 11.6 Å². The highest BCUT2D eigenvalue weighted by Gasteiger charge is 2.46. The fourth-order valence-corrected chi connectivity index (χ4v) is 5.66. The summed E-state index contributed by atoms with van der Waals surface area (Å²) in [6, 6.07) is 20.6. The maximum Gasteiger partial charge on any atom is 0.162 e. The highest BCUT2D eigenvalue weighted by atomic mass is 35.5. The molecule has 2 aliphatic rings. The van der Waals surface area contributed by atoms with E-state index >= 15 is 0 Å². The van der Waals surface area contributed by atoms with E-state index in [1.807, 2.05) is 24.3 Å². The second kappa shape index (κ2) is 9.88. The Hall–Kier alpha value is -3.70. The summed E-state index contributed by atoms with van der Waals surface area (Å²) in [5.74, 6) is -1.17. The molecule has 6 heteroatoms. The lowest BCUT2D eigenvalue weighted by Crippen LogP contribution is -2.45. The van der Waals surface area contributed by atoms with Crippen LogP contribution in [0.1, 0.15) is 56.2 Å². The van der Waals surface area contributed by atoms with Gasteiger partial charge in [-0.25, -0.2) is 4.39 Å². The predicted octanol–water partition coefficient (Wildman–Crippen LogP) is 8.24. The number of aliphatic hydroxyl groups is 1. The van der Waals surface area contributed by atoms with Gasteiger partial charge < -0.3 is 5.11 Å². The molecule has 0 radical (unpaired) electrons. The predicted molar refractivity (Wildman–Crippen MR) is 151 cm³/mol. The molecule has 1 heterocycles. The van der Waals surface area contributed by atoms with Crippen LogP contribution in [0.15, 0.2) is 89.6 Å². The number of nitrogens with zero attached hydrogens (tertiary/aromatic N) is 1. The number of halogens is 2. The highest BCUT2D eigenvalue weighted by Crippen LogP contribution is 2.51. The van der Waals surface area contributed by atoms with E-state index in [1.54, 1.807) is 41.3 Å². The first-order chi connectivity index (χ1) is 18.1. The molecule has 5 rings (SSSR count). The zero-order valence-electron chi connectivity index (χ0n) is 21.7. The summed E-state index contributed by atoms with van der Waals surface area (Å²) < 4.78 is 13.9. The molecular weight excluding hydrogens is 499 g/mol. The minimum Gasteiger partial charge on any atom is -0.507 e. The molecule has 194 valence electrons. The maximum atomic E-state index is 13.9. The number of carbonyl (C=O) groups excluding carboxylic acids is 1. The van der Waals surface area contributed by atoms with E-state index < -0.39 is 11.7 Å². The molecule has 0 spiro atoms. The van der Waals surface area contributed by atoms with Gasteiger partial charge in [-0.2, -0.15) is 0 Å². The Morgan fingerprint density at radius 2 is 1.66 bits per heavy atom. The van der Waals surface area contributed by atoms with Crippen LogP contribution in [0.25, 0.3) is 5.76 Å². The third-order valence-electron chi connectivity index (χ3n) is 7.40. The third-order valence-corrected chi connectivity index (χ3v) is 7.65. The number of allylic oxidation sites excluding steroid dienone is 2. The Kier molecular flexibility index (Phi) is 6.74. The first-order valence-electron chi connectivity index (χ1n) is 12.8. The lowest BCUT2D eigenvalue weighted by molar-refractivity contribution is -0.118. The Morgan fingerprint density at radius 3 is 2.26 bits per heavy atom. The van der Waals surface area contributed by atoms with E-state index in [2.05, 4.69) is 20.8 Å². The summed E-state index contributed by atoms with van der Waals surface area (Å²) in [5.41, 5.74) is 4.34. The average Bonchev–Trinajstić information content (AvgIpc) is 2.88. The van der Waals surface area contributed by atoms with Crippen molar-refractivity contribution in [1.82, 2.24) is 0 Å². The average molecular weight is 529 g/mol. The molecule has 4 nitrogen and oxygen atoms in total. The number of nitrogens with one attached hydrogen (secondary N) is 1. The SMILES string of the molecule is CCc1ccc(N2C(=N)/C(=C(/O)c3ccc(Cl)cc3)C(c3ccc(F)cc3)C3=C2CC(C)(C)CC3=O)cc1. The zero-order valence-corrected chi connectivity index (χ0v) is 22.4. The largest absolute Gasteiger partial charge is 0.507 e. The number of ketones is 1. The van der Waals surface area contributed by atoms with Crippen LogP contribution in [-0.4, -0.2) is 16.7 Å². The number of hydrogen-bond donors (Lipinski definition) is 2. The molecule has 0 bridgehead atoms. The first-order valence-corrected chi connectivity index (χ1v) is 13.2. The second-order valence-corrected chi connectivity index (χ2v) is 11.2. The van der Waals surface area contributed by atoms with Gasteiger partial charge in [0.25, 0.3) is 0 Å². The van der Waals surface area contributed by atoms with Gasteiger partial charge in [-0.15, -0.1) is 0 Å². The van der Waals surface area contributed by atoms with Gasteiger partial charge in [-0.05, 0) is 77.9 Å². The normalized spacial score (nSPS) is 20.4. The van der Waals surface area contributed by atoms with Gasteiger partial charge in [0.05, 0.1) is 0 Å². The number of benzene rings is 3. The van der Waals surface area contributed by atoms with Crippen LogP contribution in [0.2, 0.25) is 5.02 Å². The lowest BCUT2D eigenvalue weighted by Gasteiger charge is -2.45. The lowest BCUT2D eigenvalue weighted by atomic mass is 9.67. The molecule has 3 aromatic carbocycles. The molecule has 1 unspecified atom stereocenters. The molecule has 1 aliphatic carbocycles. The molecule has 0 aromatic heterocycles. The van der Waals surface area contributed by atoms with Crippen molar-refractivity contribution >= 4 is 34.7 Å². The molecule has 2 N–H and O–H groups in total. The summed E-state index contributed by atoms with van der Waals surface area (Å²) in [5, 5.41) is 21.7. The minimum absolute atomic E-state index is 0.0327. The smallest absolute Gasteiger partial charge is 0.162 e. The molecule has 1 aliphatic heterocycles. The maximum absolute atomic E-state index is 13.9. The standard InChI is InChI=1S/C32H30ClFN2O2/c1-4-19-5-15-24(16-6-19)36-25-17-32(2,3)18-26(37)28(25)27(20-9-13-23(34)14-10-20)29(31(36)35)30(38)21-7-11-22(33)12-8-21/h5-16,27,35,38H,4,17-18H2,1-3H3/b30-29+,35-31?. The van der Waals surface area contributed by atoms with Gasteiger partial charge in [0.2, 0.25) is 0 Å². The molecule has 0 fully saturated rings. The molecule has 1 atom stereocenters. The number of aliphatic hydroxyl groups excluding tert-OH is 1. The fourth-order valence-electron chi connectivity index (χ4n) is 5.53. The monoisotopic (exact) mass is 528 g/mol. The number of carbonyl (C=O) groups is 1. The molecule has 3 aromatic rings. The second-order valence-electron chi connectivity index (χ2n) is 10.8. The van der Waals surface area contributed by atoms with Gasteiger partial charge in [0.15, 0.2) is 5.78 Å². The summed E-state index contributed by atoms with van der Waals surface area (Å²) in [7, 11) is 0. The van der Waals surface area contributed by atoms with Crippen molar-refractivity contribution in [3.8, 4) is 0 Å². The molecular formula is C32H30ClFN2O2. The van der Waals surface area contributed by atoms with E-state index in [0.717, 1.165) is 23.4 Å². The van der Waals surface area contributed by atoms with Crippen molar-refractivity contribution in [2.24, 2.45) is 5.41 Å². The van der Waals surface area contributed by atoms with Crippen LogP contribution in [0, 0.1) is 16.6 Å². The van der Waals surface area contributed by atoms with E-state index in [0.29, 0.717) is 40.1 Å². The number of aryl methyl sites for hydroxylation is 1. The highest BCUT2D eigenvalue weighted by molar-refractivity contribution is 6.30. The Balaban J connectivity index is 1.83. The topological polar surface area (TPSA) is 64.4 Å². The van der Waals surface area contributed by atoms with Gasteiger partial charge in [0, 0.05) is 45.5 Å². The van der Waals surface area contributed by atoms with Crippen LogP contribution < -0.4 is 4.90 Å². The van der Waals surface area contributed by atoms with Gasteiger partial charge in [-0.1, -0.05) is 56.6 Å². The number of anilines is 1. The van der Waals surface area contributed by atoms with E-state index in [4.69, 9.17) is 11.6 Å². The third kappa shape index (κ3) is 4.67. The van der Waals surface area contributed by atoms with Crippen molar-refractivity contribution in [3.63, 3.8) is 0 Å². The van der Waals surface area contributed by atoms with Crippen LogP contribution in [0.4, 0.5) is 10.1 Å². The van der Waals surface area contributed by atoms with Crippen molar-refractivity contribution in [3.05, 3.63) is 117 Å². The Labute approximate surface area is 227 Å². The van der Waals surface area contributed by atoms with E-state index in [9.17, 15) is 19.7 Å². The van der Waals surface area contributed by atoms with E-state index in [-0.39, 0.29) is 22.8 Å². The summed E-state index contributed by atoms with van der Waals surface area (Å²) >= 11 is 6.10. The number of hydrogen-bond acceptors (Lipinski definition) is 3. The number of rotatable bonds is 4. The van der Waals surface area contributed by atoms with Crippen LogP contribution in [0.3, 0.4) is 0 Å². The fraction of sp³-hybridized carbons (Fsp3) is 0.250. The van der Waals surface area contributed by atoms with Crippen molar-refractivity contribution in [2.75, 3.05) is 4.90 Å². The van der Waals surface area contributed by atoms with Gasteiger partial charge in [0.1, 0.15) is 17.4 Å². The van der Waals surface area contributed by atoms with Crippen molar-refractivity contribution < 1.29 is 14.3 Å². The number of amidine groups is 1. The quantitative estimate of drug-likeness (QED) is 0.335. The number of Topliss-reactive ketones (excluding diaryl/α,β-unsaturated/α-hetero) is 1. The Bertz CT molecular complexity index is 1470.